The van der Waals surface area contributed by atoms with E-state index in [9.17, 15) is 4.79 Å². The Bertz CT molecular complexity index is 1290. The Hall–Kier alpha value is -2.84. The summed E-state index contributed by atoms with van der Waals surface area (Å²) in [7, 11) is 6.81. The number of likely N-dealkylation sites (tertiary alicyclic amines) is 1. The van der Waals surface area contributed by atoms with Crippen molar-refractivity contribution in [1.82, 2.24) is 10.2 Å². The number of carbonyl (C=O) groups is 1. The van der Waals surface area contributed by atoms with Gasteiger partial charge in [0.15, 0.2) is 23.0 Å². The van der Waals surface area contributed by atoms with Crippen molar-refractivity contribution in [3.05, 3.63) is 46.5 Å². The number of ether oxygens (including phenoxy) is 5. The quantitative estimate of drug-likeness (QED) is 0.418. The fraction of sp³-hybridized carbons (Fsp3) is 0.629. The number of methoxy groups -OCH3 is 4. The molecule has 0 radical (unpaired) electrons. The Balaban J connectivity index is 0.000000206. The zero-order valence-electron chi connectivity index (χ0n) is 27.5. The summed E-state index contributed by atoms with van der Waals surface area (Å²) in [4.78, 5) is 14.6. The van der Waals surface area contributed by atoms with Gasteiger partial charge in [-0.05, 0) is 114 Å². The highest BCUT2D eigenvalue weighted by molar-refractivity contribution is 5.85. The number of benzene rings is 2. The van der Waals surface area contributed by atoms with Crippen LogP contribution in [-0.4, -0.2) is 70.2 Å². The fourth-order valence-electron chi connectivity index (χ4n) is 7.58. The summed E-state index contributed by atoms with van der Waals surface area (Å²) >= 11 is 0. The molecule has 0 aromatic heterocycles. The van der Waals surface area contributed by atoms with Crippen LogP contribution >= 0.6 is 12.4 Å². The molecule has 2 aromatic carbocycles. The number of fused-ring (bicyclic) bond motifs is 4. The molecule has 1 amide bonds. The van der Waals surface area contributed by atoms with Gasteiger partial charge >= 0.3 is 6.09 Å². The van der Waals surface area contributed by atoms with Gasteiger partial charge in [0.05, 0.1) is 28.4 Å². The SMILES string of the molecule is COc1ccc2c(c1OC)C[C@@H]1CCCN(C(=O)OC(C)(C)C)[C@H]1C2.COc1ccc2c(c1OC)C[C@@H]1CCCN[C@H]1C2.Cl. The van der Waals surface area contributed by atoms with Gasteiger partial charge in [0.1, 0.15) is 5.60 Å². The van der Waals surface area contributed by atoms with Crippen molar-refractivity contribution in [2.45, 2.75) is 89.8 Å². The smallest absolute Gasteiger partial charge is 0.410 e. The third-order valence-electron chi connectivity index (χ3n) is 9.57. The normalized spacial score (nSPS) is 23.6. The molecule has 0 unspecified atom stereocenters. The number of nitrogens with one attached hydrogen (secondary N) is 1. The molecule has 8 nitrogen and oxygen atoms in total. The van der Waals surface area contributed by atoms with E-state index in [1.54, 1.807) is 28.4 Å². The lowest BCUT2D eigenvalue weighted by Gasteiger charge is -2.44. The van der Waals surface area contributed by atoms with Crippen LogP contribution in [0.25, 0.3) is 0 Å². The fourth-order valence-corrected chi connectivity index (χ4v) is 7.58. The zero-order valence-corrected chi connectivity index (χ0v) is 28.3. The average Bonchev–Trinajstić information content (AvgIpc) is 3.00. The van der Waals surface area contributed by atoms with E-state index in [0.717, 1.165) is 74.0 Å². The molecule has 1 N–H and O–H groups in total. The molecule has 2 aliphatic heterocycles. The van der Waals surface area contributed by atoms with Gasteiger partial charge in [-0.15, -0.1) is 12.4 Å². The molecule has 0 bridgehead atoms. The Labute approximate surface area is 269 Å². The number of rotatable bonds is 4. The number of halogens is 1. The maximum absolute atomic E-state index is 12.7. The summed E-state index contributed by atoms with van der Waals surface area (Å²) in [5.41, 5.74) is 4.79. The predicted octanol–water partition coefficient (Wildman–Crippen LogP) is 6.41. The first-order chi connectivity index (χ1) is 20.7. The Morgan fingerprint density at radius 2 is 1.34 bits per heavy atom. The highest BCUT2D eigenvalue weighted by Crippen LogP contribution is 2.43. The summed E-state index contributed by atoms with van der Waals surface area (Å²) in [5.74, 6) is 4.62. The summed E-state index contributed by atoms with van der Waals surface area (Å²) in [5, 5.41) is 3.66. The molecule has 44 heavy (non-hydrogen) atoms. The molecular formula is C35H51ClN2O6. The van der Waals surface area contributed by atoms with Crippen molar-refractivity contribution >= 4 is 18.5 Å². The number of amides is 1. The maximum Gasteiger partial charge on any atom is 0.410 e. The Kier molecular flexibility index (Phi) is 11.2. The van der Waals surface area contributed by atoms with Gasteiger partial charge < -0.3 is 33.9 Å². The maximum atomic E-state index is 12.7. The van der Waals surface area contributed by atoms with Gasteiger partial charge in [0, 0.05) is 29.8 Å². The number of piperidine rings is 2. The monoisotopic (exact) mass is 630 g/mol. The van der Waals surface area contributed by atoms with Crippen LogP contribution in [0.15, 0.2) is 24.3 Å². The topological polar surface area (TPSA) is 78.5 Å². The van der Waals surface area contributed by atoms with Crippen molar-refractivity contribution in [3.8, 4) is 23.0 Å². The van der Waals surface area contributed by atoms with Crippen LogP contribution in [-0.2, 0) is 30.4 Å². The van der Waals surface area contributed by atoms with E-state index in [0.29, 0.717) is 12.0 Å². The van der Waals surface area contributed by atoms with E-state index in [4.69, 9.17) is 23.7 Å². The molecule has 2 heterocycles. The molecule has 244 valence electrons. The molecule has 2 fully saturated rings. The van der Waals surface area contributed by atoms with Crippen LogP contribution in [0.3, 0.4) is 0 Å². The van der Waals surface area contributed by atoms with Crippen LogP contribution in [0, 0.1) is 11.8 Å². The third kappa shape index (κ3) is 7.17. The van der Waals surface area contributed by atoms with Crippen LogP contribution in [0.2, 0.25) is 0 Å². The lowest BCUT2D eigenvalue weighted by Crippen LogP contribution is -2.53. The highest BCUT2D eigenvalue weighted by Gasteiger charge is 2.40. The highest BCUT2D eigenvalue weighted by atomic mass is 35.5. The lowest BCUT2D eigenvalue weighted by molar-refractivity contribution is -0.00145. The van der Waals surface area contributed by atoms with E-state index in [2.05, 4.69) is 17.4 Å². The summed E-state index contributed by atoms with van der Waals surface area (Å²) in [6.45, 7) is 7.70. The minimum Gasteiger partial charge on any atom is -0.493 e. The molecule has 2 saturated heterocycles. The van der Waals surface area contributed by atoms with Crippen LogP contribution < -0.4 is 24.3 Å². The van der Waals surface area contributed by atoms with Gasteiger partial charge in [0.25, 0.3) is 0 Å². The van der Waals surface area contributed by atoms with Crippen molar-refractivity contribution in [2.75, 3.05) is 41.5 Å². The van der Waals surface area contributed by atoms with Crippen LogP contribution in [0.5, 0.6) is 23.0 Å². The molecule has 9 heteroatoms. The molecular weight excluding hydrogens is 580 g/mol. The first kappa shape index (κ1) is 34.0. The van der Waals surface area contributed by atoms with Crippen molar-refractivity contribution < 1.29 is 28.5 Å². The molecule has 6 rings (SSSR count). The van der Waals surface area contributed by atoms with E-state index in [1.165, 1.54) is 41.6 Å². The summed E-state index contributed by atoms with van der Waals surface area (Å²) < 4.78 is 27.7. The first-order valence-electron chi connectivity index (χ1n) is 15.9. The third-order valence-corrected chi connectivity index (χ3v) is 9.57. The summed E-state index contributed by atoms with van der Waals surface area (Å²) in [6.07, 6.45) is 8.59. The van der Waals surface area contributed by atoms with Crippen LogP contribution in [0.1, 0.15) is 68.7 Å². The van der Waals surface area contributed by atoms with Gasteiger partial charge in [-0.25, -0.2) is 4.79 Å². The van der Waals surface area contributed by atoms with Crippen molar-refractivity contribution in [3.63, 3.8) is 0 Å². The minimum absolute atomic E-state index is 0. The molecule has 0 spiro atoms. The summed E-state index contributed by atoms with van der Waals surface area (Å²) in [6, 6.07) is 9.15. The number of hydrogen-bond donors (Lipinski definition) is 1. The molecule has 4 aliphatic rings. The van der Waals surface area contributed by atoms with Crippen molar-refractivity contribution in [2.24, 2.45) is 11.8 Å². The number of carbonyl (C=O) groups excluding carboxylic acids is 1. The Morgan fingerprint density at radius 3 is 1.91 bits per heavy atom. The molecule has 2 aromatic rings. The first-order valence-corrected chi connectivity index (χ1v) is 15.9. The second kappa shape index (κ2) is 14.5. The number of hydrogen-bond acceptors (Lipinski definition) is 7. The van der Waals surface area contributed by atoms with E-state index < -0.39 is 5.60 Å². The van der Waals surface area contributed by atoms with Gasteiger partial charge in [-0.3, -0.25) is 0 Å². The van der Waals surface area contributed by atoms with Crippen molar-refractivity contribution in [1.29, 1.82) is 0 Å². The minimum atomic E-state index is -0.465. The van der Waals surface area contributed by atoms with Gasteiger partial charge in [0.2, 0.25) is 0 Å². The number of nitrogens with zero attached hydrogens (tertiary/aromatic N) is 1. The lowest BCUT2D eigenvalue weighted by atomic mass is 9.75. The van der Waals surface area contributed by atoms with E-state index in [1.807, 2.05) is 37.8 Å². The Morgan fingerprint density at radius 1 is 0.773 bits per heavy atom. The molecule has 4 atom stereocenters. The van der Waals surface area contributed by atoms with Gasteiger partial charge in [-0.1, -0.05) is 12.1 Å². The van der Waals surface area contributed by atoms with Gasteiger partial charge in [-0.2, -0.15) is 0 Å². The average molecular weight is 631 g/mol. The molecule has 0 saturated carbocycles. The predicted molar refractivity (Wildman–Crippen MR) is 175 cm³/mol. The van der Waals surface area contributed by atoms with Crippen LogP contribution in [0.4, 0.5) is 4.79 Å². The standard InChI is InChI=1S/C20H29NO4.C15H21NO2.ClH/c1-20(2,3)25-19(22)21-10-6-7-14-11-15-13(12-16(14)21)8-9-17(23-4)18(15)24-5;1-17-14-6-5-10-9-13-11(4-3-7-16-13)8-12(10)15(14)18-2;/h8-9,14,16H,6-7,10-12H2,1-5H3;5-6,11,13,16H,3-4,7-9H2,1-2H3;1H/t14-,16-;11-,13-;/m00./s1. The van der Waals surface area contributed by atoms with E-state index >= 15 is 0 Å². The molecule has 2 aliphatic carbocycles. The zero-order chi connectivity index (χ0) is 30.7. The van der Waals surface area contributed by atoms with E-state index in [-0.39, 0.29) is 24.5 Å². The largest absolute Gasteiger partial charge is 0.493 e. The second-order valence-corrected chi connectivity index (χ2v) is 13.3. The second-order valence-electron chi connectivity index (χ2n) is 13.3.